The molecule has 1 N–H and O–H groups in total. The molecular formula is C15H21NO2S. The van der Waals surface area contributed by atoms with Gasteiger partial charge in [-0.2, -0.15) is 11.8 Å². The number of aliphatic hydroxyl groups excluding tert-OH is 1. The minimum Gasteiger partial charge on any atom is -0.490 e. The van der Waals surface area contributed by atoms with Crippen molar-refractivity contribution in [2.75, 3.05) is 25.1 Å². The normalized spacial score (nSPS) is 26.1. The van der Waals surface area contributed by atoms with Crippen LogP contribution in [0.25, 0.3) is 0 Å². The van der Waals surface area contributed by atoms with E-state index in [9.17, 15) is 5.11 Å². The first kappa shape index (κ1) is 13.3. The van der Waals surface area contributed by atoms with Gasteiger partial charge in [0.15, 0.2) is 0 Å². The minimum atomic E-state index is -0.430. The van der Waals surface area contributed by atoms with Crippen molar-refractivity contribution in [3.05, 3.63) is 29.8 Å². The molecule has 4 heteroatoms. The Morgan fingerprint density at radius 1 is 1.42 bits per heavy atom. The fourth-order valence-corrected chi connectivity index (χ4v) is 3.67. The van der Waals surface area contributed by atoms with Crippen LogP contribution in [-0.2, 0) is 0 Å². The molecule has 2 aliphatic rings. The van der Waals surface area contributed by atoms with Crippen molar-refractivity contribution >= 4 is 11.8 Å². The van der Waals surface area contributed by atoms with E-state index in [0.29, 0.717) is 6.10 Å². The van der Waals surface area contributed by atoms with Gasteiger partial charge in [0.25, 0.3) is 0 Å². The first-order valence-corrected chi connectivity index (χ1v) is 8.12. The summed E-state index contributed by atoms with van der Waals surface area (Å²) < 4.78 is 5.80. The Hall–Kier alpha value is -0.710. The molecule has 0 amide bonds. The summed E-state index contributed by atoms with van der Waals surface area (Å²) in [5, 5.41) is 10.6. The second kappa shape index (κ2) is 5.73. The molecule has 104 valence electrons. The number of rotatable bonds is 4. The fourth-order valence-electron chi connectivity index (χ4n) is 2.41. The molecular weight excluding hydrogens is 258 g/mol. The van der Waals surface area contributed by atoms with Crippen molar-refractivity contribution < 1.29 is 9.84 Å². The van der Waals surface area contributed by atoms with Gasteiger partial charge < -0.3 is 9.84 Å². The lowest BCUT2D eigenvalue weighted by Gasteiger charge is -2.35. The van der Waals surface area contributed by atoms with E-state index >= 15 is 0 Å². The smallest absolute Gasteiger partial charge is 0.120 e. The van der Waals surface area contributed by atoms with E-state index in [4.69, 9.17) is 4.74 Å². The van der Waals surface area contributed by atoms with E-state index < -0.39 is 6.10 Å². The molecule has 3 nitrogen and oxygen atoms in total. The Morgan fingerprint density at radius 3 is 3.00 bits per heavy atom. The maximum Gasteiger partial charge on any atom is 0.120 e. The summed E-state index contributed by atoms with van der Waals surface area (Å²) in [5.41, 5.74) is 0.970. The molecule has 19 heavy (non-hydrogen) atoms. The Morgan fingerprint density at radius 2 is 2.26 bits per heavy atom. The number of thioether (sulfide) groups is 1. The molecule has 0 radical (unpaired) electrons. The molecule has 1 heterocycles. The summed E-state index contributed by atoms with van der Waals surface area (Å²) in [6.07, 6.45) is 2.30. The Kier molecular flexibility index (Phi) is 4.01. The van der Waals surface area contributed by atoms with Crippen molar-refractivity contribution in [1.82, 2.24) is 4.90 Å². The Labute approximate surface area is 118 Å². The molecule has 2 atom stereocenters. The van der Waals surface area contributed by atoms with E-state index in [0.717, 1.165) is 42.2 Å². The third-order valence-electron chi connectivity index (χ3n) is 3.83. The first-order chi connectivity index (χ1) is 9.24. The number of benzene rings is 1. The summed E-state index contributed by atoms with van der Waals surface area (Å²) >= 11 is 1.92. The number of nitrogens with zero attached hydrogens (tertiary/aromatic N) is 1. The summed E-state index contributed by atoms with van der Waals surface area (Å²) in [6, 6.07) is 8.16. The van der Waals surface area contributed by atoms with Gasteiger partial charge in [0.1, 0.15) is 5.75 Å². The predicted octanol–water partition coefficient (Wildman–Crippen LogP) is 2.31. The Bertz CT molecular complexity index is 436. The van der Waals surface area contributed by atoms with Gasteiger partial charge >= 0.3 is 0 Å². The second-order valence-electron chi connectivity index (χ2n) is 5.46. The van der Waals surface area contributed by atoms with Gasteiger partial charge in [0.2, 0.25) is 0 Å². The summed E-state index contributed by atoms with van der Waals surface area (Å²) in [5.74, 6) is 3.04. The second-order valence-corrected chi connectivity index (χ2v) is 6.61. The molecule has 0 spiro atoms. The average Bonchev–Trinajstić information content (AvgIpc) is 3.23. The molecule has 2 unspecified atom stereocenters. The lowest BCUT2D eigenvalue weighted by molar-refractivity contribution is 0.0756. The van der Waals surface area contributed by atoms with Crippen molar-refractivity contribution in [3.8, 4) is 5.75 Å². The van der Waals surface area contributed by atoms with E-state index in [1.54, 1.807) is 0 Å². The van der Waals surface area contributed by atoms with E-state index in [2.05, 4.69) is 11.9 Å². The predicted molar refractivity (Wildman–Crippen MR) is 78.8 cm³/mol. The summed E-state index contributed by atoms with van der Waals surface area (Å²) in [7, 11) is 2.10. The molecule has 1 saturated carbocycles. The van der Waals surface area contributed by atoms with Gasteiger partial charge in [-0.05, 0) is 37.6 Å². The van der Waals surface area contributed by atoms with Crippen LogP contribution in [-0.4, -0.2) is 47.3 Å². The fraction of sp³-hybridized carbons (Fsp3) is 0.600. The topological polar surface area (TPSA) is 32.7 Å². The van der Waals surface area contributed by atoms with Crippen molar-refractivity contribution in [3.63, 3.8) is 0 Å². The molecule has 2 fully saturated rings. The zero-order chi connectivity index (χ0) is 13.2. The summed E-state index contributed by atoms with van der Waals surface area (Å²) in [4.78, 5) is 2.26. The van der Waals surface area contributed by atoms with Gasteiger partial charge in [-0.1, -0.05) is 12.1 Å². The van der Waals surface area contributed by atoms with Crippen LogP contribution >= 0.6 is 11.8 Å². The molecule has 1 aromatic rings. The average molecular weight is 279 g/mol. The number of aliphatic hydroxyl groups is 1. The maximum absolute atomic E-state index is 10.6. The zero-order valence-corrected chi connectivity index (χ0v) is 12.1. The lowest BCUT2D eigenvalue weighted by atomic mass is 10.0. The molecule has 0 aromatic heterocycles. The van der Waals surface area contributed by atoms with Crippen LogP contribution in [0.15, 0.2) is 24.3 Å². The highest BCUT2D eigenvalue weighted by Crippen LogP contribution is 2.31. The highest BCUT2D eigenvalue weighted by Gasteiger charge is 2.28. The van der Waals surface area contributed by atoms with Crippen LogP contribution in [0.5, 0.6) is 5.75 Å². The van der Waals surface area contributed by atoms with Crippen molar-refractivity contribution in [2.45, 2.75) is 31.1 Å². The van der Waals surface area contributed by atoms with Gasteiger partial charge in [-0.25, -0.2) is 0 Å². The maximum atomic E-state index is 10.6. The van der Waals surface area contributed by atoms with E-state index in [-0.39, 0.29) is 6.04 Å². The molecule has 1 saturated heterocycles. The van der Waals surface area contributed by atoms with Crippen LogP contribution in [0, 0.1) is 0 Å². The monoisotopic (exact) mass is 279 g/mol. The number of hydrogen-bond acceptors (Lipinski definition) is 4. The quantitative estimate of drug-likeness (QED) is 0.917. The van der Waals surface area contributed by atoms with Crippen LogP contribution in [0.1, 0.15) is 24.5 Å². The highest BCUT2D eigenvalue weighted by atomic mass is 32.2. The largest absolute Gasteiger partial charge is 0.490 e. The van der Waals surface area contributed by atoms with Crippen molar-refractivity contribution in [1.29, 1.82) is 0 Å². The summed E-state index contributed by atoms with van der Waals surface area (Å²) in [6.45, 7) is 1.05. The SMILES string of the molecule is CN1CCSCC1C(O)c1cccc(OC2CC2)c1. The van der Waals surface area contributed by atoms with E-state index in [1.165, 1.54) is 0 Å². The number of hydrogen-bond donors (Lipinski definition) is 1. The van der Waals surface area contributed by atoms with Crippen LogP contribution in [0.3, 0.4) is 0 Å². The first-order valence-electron chi connectivity index (χ1n) is 6.97. The third-order valence-corrected chi connectivity index (χ3v) is 4.88. The standard InChI is InChI=1S/C15H21NO2S/c1-16-7-8-19-10-14(16)15(17)11-3-2-4-13(9-11)18-12-5-6-12/h2-4,9,12,14-15,17H,5-8,10H2,1H3. The molecule has 0 bridgehead atoms. The van der Waals surface area contributed by atoms with Gasteiger partial charge in [-0.3, -0.25) is 4.90 Å². The van der Waals surface area contributed by atoms with Gasteiger partial charge in [0, 0.05) is 24.1 Å². The van der Waals surface area contributed by atoms with Crippen LogP contribution in [0.4, 0.5) is 0 Å². The molecule has 3 rings (SSSR count). The molecule has 1 aliphatic carbocycles. The molecule has 1 aromatic carbocycles. The van der Waals surface area contributed by atoms with Crippen molar-refractivity contribution in [2.24, 2.45) is 0 Å². The highest BCUT2D eigenvalue weighted by molar-refractivity contribution is 7.99. The Balaban J connectivity index is 1.72. The van der Waals surface area contributed by atoms with Gasteiger partial charge in [-0.15, -0.1) is 0 Å². The van der Waals surface area contributed by atoms with Crippen LogP contribution < -0.4 is 4.74 Å². The number of ether oxygens (including phenoxy) is 1. The van der Waals surface area contributed by atoms with E-state index in [1.807, 2.05) is 36.0 Å². The van der Waals surface area contributed by atoms with Crippen LogP contribution in [0.2, 0.25) is 0 Å². The lowest BCUT2D eigenvalue weighted by Crippen LogP contribution is -2.43. The number of likely N-dealkylation sites (N-methyl/N-ethyl adjacent to an activating group) is 1. The zero-order valence-electron chi connectivity index (χ0n) is 11.3. The molecule has 1 aliphatic heterocycles. The third kappa shape index (κ3) is 3.25. The van der Waals surface area contributed by atoms with Gasteiger partial charge in [0.05, 0.1) is 12.2 Å². The minimum absolute atomic E-state index is 0.204.